The highest BCUT2D eigenvalue weighted by Crippen LogP contribution is 2.16. The lowest BCUT2D eigenvalue weighted by Gasteiger charge is -2.25. The van der Waals surface area contributed by atoms with Crippen molar-refractivity contribution in [1.29, 1.82) is 0 Å². The first-order valence-electron chi connectivity index (χ1n) is 3.36. The molecule has 0 aromatic rings. The van der Waals surface area contributed by atoms with Crippen LogP contribution >= 0.6 is 0 Å². The SMILES string of the molecule is CC(CO)(CO)CNC(F)(F)F. The van der Waals surface area contributed by atoms with E-state index in [9.17, 15) is 13.2 Å². The lowest BCUT2D eigenvalue weighted by atomic mass is 9.93. The molecule has 0 unspecified atom stereocenters. The monoisotopic (exact) mass is 187 g/mol. The molecule has 0 saturated heterocycles. The Labute approximate surface area is 68.2 Å². The van der Waals surface area contributed by atoms with Crippen molar-refractivity contribution in [3.63, 3.8) is 0 Å². The molecule has 0 aromatic carbocycles. The zero-order valence-electron chi connectivity index (χ0n) is 6.65. The fraction of sp³-hybridized carbons (Fsp3) is 1.00. The number of aliphatic hydroxyl groups excluding tert-OH is 2. The van der Waals surface area contributed by atoms with Crippen LogP contribution in [-0.2, 0) is 0 Å². The van der Waals surface area contributed by atoms with Gasteiger partial charge in [0.05, 0.1) is 13.2 Å². The first-order valence-corrected chi connectivity index (χ1v) is 3.36. The highest BCUT2D eigenvalue weighted by molar-refractivity contribution is 4.75. The van der Waals surface area contributed by atoms with Crippen LogP contribution in [0.25, 0.3) is 0 Å². The lowest BCUT2D eigenvalue weighted by Crippen LogP contribution is -2.43. The van der Waals surface area contributed by atoms with Gasteiger partial charge in [-0.25, -0.2) is 5.32 Å². The molecule has 0 radical (unpaired) electrons. The van der Waals surface area contributed by atoms with Crippen molar-refractivity contribution in [3.05, 3.63) is 0 Å². The second kappa shape index (κ2) is 4.06. The zero-order chi connectivity index (χ0) is 9.83. The van der Waals surface area contributed by atoms with Crippen molar-refractivity contribution < 1.29 is 23.4 Å². The number of hydrogen-bond donors (Lipinski definition) is 3. The molecule has 0 fully saturated rings. The molecule has 0 saturated carbocycles. The second-order valence-corrected chi connectivity index (χ2v) is 2.98. The topological polar surface area (TPSA) is 52.5 Å². The Morgan fingerprint density at radius 1 is 1.17 bits per heavy atom. The average Bonchev–Trinajstić information content (AvgIpc) is 1.99. The Bertz CT molecular complexity index is 133. The van der Waals surface area contributed by atoms with Gasteiger partial charge in [-0.15, -0.1) is 0 Å². The van der Waals surface area contributed by atoms with Crippen molar-refractivity contribution in [1.82, 2.24) is 5.32 Å². The number of halogens is 3. The van der Waals surface area contributed by atoms with E-state index in [1.165, 1.54) is 12.2 Å². The first-order chi connectivity index (χ1) is 5.33. The smallest absolute Gasteiger partial charge is 0.396 e. The molecule has 0 aromatic heterocycles. The molecular formula is C6H12F3NO2. The van der Waals surface area contributed by atoms with E-state index in [0.29, 0.717) is 0 Å². The Balaban J connectivity index is 3.89. The van der Waals surface area contributed by atoms with E-state index in [1.807, 2.05) is 0 Å². The summed E-state index contributed by atoms with van der Waals surface area (Å²) in [6, 6.07) is 0. The van der Waals surface area contributed by atoms with E-state index in [0.717, 1.165) is 0 Å². The number of hydrogen-bond acceptors (Lipinski definition) is 3. The summed E-state index contributed by atoms with van der Waals surface area (Å²) in [6.07, 6.45) is -4.47. The van der Waals surface area contributed by atoms with Crippen LogP contribution in [0.3, 0.4) is 0 Å². The standard InChI is InChI=1S/C6H12F3NO2/c1-5(3-11,4-12)2-10-6(7,8)9/h10-12H,2-4H2,1H3. The summed E-state index contributed by atoms with van der Waals surface area (Å²) in [5.41, 5.74) is -1.13. The molecule has 0 heterocycles. The van der Waals surface area contributed by atoms with E-state index >= 15 is 0 Å². The minimum Gasteiger partial charge on any atom is -0.396 e. The molecule has 0 aliphatic carbocycles. The summed E-state index contributed by atoms with van der Waals surface area (Å²) in [6.45, 7) is -0.131. The van der Waals surface area contributed by atoms with Crippen LogP contribution in [0.4, 0.5) is 13.2 Å². The molecule has 0 aliphatic heterocycles. The van der Waals surface area contributed by atoms with Gasteiger partial charge in [-0.1, -0.05) is 6.92 Å². The minimum atomic E-state index is -4.47. The van der Waals surface area contributed by atoms with Crippen LogP contribution in [0.5, 0.6) is 0 Å². The maximum atomic E-state index is 11.6. The average molecular weight is 187 g/mol. The van der Waals surface area contributed by atoms with Crippen LogP contribution in [0.15, 0.2) is 0 Å². The van der Waals surface area contributed by atoms with Crippen LogP contribution in [-0.4, -0.2) is 36.3 Å². The van der Waals surface area contributed by atoms with Crippen molar-refractivity contribution in [3.8, 4) is 0 Å². The van der Waals surface area contributed by atoms with Gasteiger partial charge >= 0.3 is 6.30 Å². The summed E-state index contributed by atoms with van der Waals surface area (Å²) >= 11 is 0. The van der Waals surface area contributed by atoms with E-state index in [1.54, 1.807) is 0 Å². The minimum absolute atomic E-state index is 0.493. The maximum absolute atomic E-state index is 11.6. The molecule has 0 spiro atoms. The Kier molecular flexibility index (Phi) is 3.95. The summed E-state index contributed by atoms with van der Waals surface area (Å²) in [7, 11) is 0. The van der Waals surface area contributed by atoms with Gasteiger partial charge in [0.2, 0.25) is 0 Å². The molecule has 0 aliphatic rings. The second-order valence-electron chi connectivity index (χ2n) is 2.98. The summed E-state index contributed by atoms with van der Waals surface area (Å²) in [5, 5.41) is 18.5. The fourth-order valence-corrected chi connectivity index (χ4v) is 0.475. The van der Waals surface area contributed by atoms with Crippen molar-refractivity contribution in [2.45, 2.75) is 13.2 Å². The zero-order valence-corrected chi connectivity index (χ0v) is 6.65. The Morgan fingerprint density at radius 3 is 1.83 bits per heavy atom. The predicted octanol–water partition coefficient (Wildman–Crippen LogP) is 0.0867. The molecule has 0 rings (SSSR count). The largest absolute Gasteiger partial charge is 0.457 e. The van der Waals surface area contributed by atoms with Crippen molar-refractivity contribution in [2.24, 2.45) is 5.41 Å². The van der Waals surface area contributed by atoms with Gasteiger partial charge in [-0.05, 0) is 0 Å². The number of aliphatic hydroxyl groups is 2. The highest BCUT2D eigenvalue weighted by atomic mass is 19.4. The van der Waals surface area contributed by atoms with Gasteiger partial charge in [0, 0.05) is 12.0 Å². The van der Waals surface area contributed by atoms with Crippen LogP contribution in [0.2, 0.25) is 0 Å². The summed E-state index contributed by atoms with van der Waals surface area (Å²) < 4.78 is 34.8. The van der Waals surface area contributed by atoms with Crippen molar-refractivity contribution >= 4 is 0 Å². The molecular weight excluding hydrogens is 175 g/mol. The normalized spacial score (nSPS) is 13.5. The van der Waals surface area contributed by atoms with Gasteiger partial charge in [0.25, 0.3) is 0 Å². The molecule has 0 amide bonds. The molecule has 3 nitrogen and oxygen atoms in total. The molecule has 3 N–H and O–H groups in total. The molecule has 0 atom stereocenters. The van der Waals surface area contributed by atoms with E-state index in [4.69, 9.17) is 10.2 Å². The Morgan fingerprint density at radius 2 is 1.58 bits per heavy atom. The fourth-order valence-electron chi connectivity index (χ4n) is 0.475. The van der Waals surface area contributed by atoms with Gasteiger partial charge in [-0.3, -0.25) is 0 Å². The molecule has 74 valence electrons. The quantitative estimate of drug-likeness (QED) is 0.546. The lowest BCUT2D eigenvalue weighted by molar-refractivity contribution is -0.163. The van der Waals surface area contributed by atoms with Gasteiger partial charge in [-0.2, -0.15) is 13.2 Å². The maximum Gasteiger partial charge on any atom is 0.457 e. The molecule has 12 heavy (non-hydrogen) atoms. The van der Waals surface area contributed by atoms with E-state index < -0.39 is 31.5 Å². The highest BCUT2D eigenvalue weighted by Gasteiger charge is 2.31. The van der Waals surface area contributed by atoms with Crippen LogP contribution < -0.4 is 5.32 Å². The van der Waals surface area contributed by atoms with Gasteiger partial charge in [0.1, 0.15) is 0 Å². The Hall–Kier alpha value is -0.330. The van der Waals surface area contributed by atoms with Gasteiger partial charge < -0.3 is 10.2 Å². The third-order valence-electron chi connectivity index (χ3n) is 1.48. The number of nitrogens with one attached hydrogen (secondary N) is 1. The third-order valence-corrected chi connectivity index (χ3v) is 1.48. The van der Waals surface area contributed by atoms with Crippen LogP contribution in [0, 0.1) is 5.41 Å². The number of alkyl halides is 3. The number of rotatable bonds is 4. The van der Waals surface area contributed by atoms with E-state index in [2.05, 4.69) is 0 Å². The summed E-state index contributed by atoms with van der Waals surface area (Å²) in [4.78, 5) is 0. The third kappa shape index (κ3) is 4.53. The van der Waals surface area contributed by atoms with Crippen LogP contribution in [0.1, 0.15) is 6.92 Å². The molecule has 0 bridgehead atoms. The molecule has 6 heteroatoms. The van der Waals surface area contributed by atoms with Crippen molar-refractivity contribution in [2.75, 3.05) is 19.8 Å². The van der Waals surface area contributed by atoms with E-state index in [-0.39, 0.29) is 0 Å². The summed E-state index contributed by atoms with van der Waals surface area (Å²) in [5.74, 6) is 0. The van der Waals surface area contributed by atoms with Gasteiger partial charge in [0.15, 0.2) is 0 Å². The predicted molar refractivity (Wildman–Crippen MR) is 36.3 cm³/mol. The first kappa shape index (κ1) is 11.7.